The van der Waals surface area contributed by atoms with Crippen LogP contribution < -0.4 is 10.6 Å². The van der Waals surface area contributed by atoms with Gasteiger partial charge in [0.15, 0.2) is 0 Å². The molecule has 2 aromatic rings. The van der Waals surface area contributed by atoms with Gasteiger partial charge in [0.2, 0.25) is 5.91 Å². The smallest absolute Gasteiger partial charge is 0.255 e. The Morgan fingerprint density at radius 3 is 2.39 bits per heavy atom. The molecule has 3 rings (SSSR count). The highest BCUT2D eigenvalue weighted by Crippen LogP contribution is 2.30. The molecule has 0 bridgehead atoms. The van der Waals surface area contributed by atoms with Gasteiger partial charge in [-0.25, -0.2) is 0 Å². The molecule has 0 aromatic heterocycles. The van der Waals surface area contributed by atoms with Crippen molar-refractivity contribution < 1.29 is 9.59 Å². The minimum atomic E-state index is -0.248. The molecule has 23 heavy (non-hydrogen) atoms. The normalized spacial score (nSPS) is 13.0. The van der Waals surface area contributed by atoms with E-state index in [-0.39, 0.29) is 17.7 Å². The van der Waals surface area contributed by atoms with Crippen LogP contribution in [0.25, 0.3) is 0 Å². The first-order chi connectivity index (χ1) is 11.2. The highest BCUT2D eigenvalue weighted by molar-refractivity contribution is 6.05. The van der Waals surface area contributed by atoms with Gasteiger partial charge in [-0.1, -0.05) is 18.1 Å². The van der Waals surface area contributed by atoms with Gasteiger partial charge in [0.25, 0.3) is 5.91 Å². The van der Waals surface area contributed by atoms with Crippen LogP contribution in [0.1, 0.15) is 28.8 Å². The maximum atomic E-state index is 12.3. The molecule has 1 fully saturated rings. The third kappa shape index (κ3) is 3.78. The number of terminal acetylenes is 1. The van der Waals surface area contributed by atoms with E-state index >= 15 is 0 Å². The fraction of sp³-hybridized carbons (Fsp3) is 0.158. The summed E-state index contributed by atoms with van der Waals surface area (Å²) in [5, 5.41) is 5.64. The minimum absolute atomic E-state index is 0.0179. The van der Waals surface area contributed by atoms with Gasteiger partial charge in [0.1, 0.15) is 0 Å². The standard InChI is InChI=1S/C19H16N2O2/c1-2-13-5-3-7-16(11-13)20-19(23)15-6-4-8-17(12-15)21-18(22)14-9-10-14/h1,3-8,11-12,14H,9-10H2,(H,20,23)(H,21,22). The first-order valence-electron chi connectivity index (χ1n) is 7.44. The van der Waals surface area contributed by atoms with Crippen LogP contribution >= 0.6 is 0 Å². The number of hydrogen-bond acceptors (Lipinski definition) is 2. The van der Waals surface area contributed by atoms with Crippen LogP contribution in [-0.2, 0) is 4.79 Å². The number of benzene rings is 2. The molecule has 0 unspecified atom stereocenters. The van der Waals surface area contributed by atoms with Gasteiger partial charge in [-0.15, -0.1) is 6.42 Å². The van der Waals surface area contributed by atoms with Gasteiger partial charge in [-0.05, 0) is 49.2 Å². The monoisotopic (exact) mass is 304 g/mol. The summed E-state index contributed by atoms with van der Waals surface area (Å²) in [5.41, 5.74) is 2.45. The molecule has 0 saturated heterocycles. The van der Waals surface area contributed by atoms with Gasteiger partial charge >= 0.3 is 0 Å². The predicted octanol–water partition coefficient (Wildman–Crippen LogP) is 3.27. The quantitative estimate of drug-likeness (QED) is 0.852. The Morgan fingerprint density at radius 1 is 1.00 bits per heavy atom. The molecule has 4 heteroatoms. The van der Waals surface area contributed by atoms with E-state index in [4.69, 9.17) is 6.42 Å². The molecule has 0 heterocycles. The van der Waals surface area contributed by atoms with Crippen molar-refractivity contribution in [3.05, 3.63) is 59.7 Å². The number of anilines is 2. The van der Waals surface area contributed by atoms with Crippen LogP contribution in [0.5, 0.6) is 0 Å². The summed E-state index contributed by atoms with van der Waals surface area (Å²) >= 11 is 0. The number of rotatable bonds is 4. The molecule has 2 aromatic carbocycles. The van der Waals surface area contributed by atoms with Crippen molar-refractivity contribution >= 4 is 23.2 Å². The number of carbonyl (C=O) groups excluding carboxylic acids is 2. The van der Waals surface area contributed by atoms with Crippen LogP contribution in [0.15, 0.2) is 48.5 Å². The molecule has 114 valence electrons. The van der Waals surface area contributed by atoms with Gasteiger partial charge in [0.05, 0.1) is 0 Å². The van der Waals surface area contributed by atoms with Gasteiger partial charge in [-0.3, -0.25) is 9.59 Å². The molecule has 0 aliphatic heterocycles. The molecular formula is C19H16N2O2. The zero-order chi connectivity index (χ0) is 16.2. The molecule has 1 saturated carbocycles. The maximum absolute atomic E-state index is 12.3. The number of hydrogen-bond donors (Lipinski definition) is 2. The first-order valence-corrected chi connectivity index (χ1v) is 7.44. The Bertz CT molecular complexity index is 801. The zero-order valence-electron chi connectivity index (χ0n) is 12.5. The van der Waals surface area contributed by atoms with E-state index in [1.165, 1.54) is 0 Å². The third-order valence-electron chi connectivity index (χ3n) is 3.63. The lowest BCUT2D eigenvalue weighted by Crippen LogP contribution is -2.15. The number of amides is 2. The van der Waals surface area contributed by atoms with E-state index in [1.807, 2.05) is 0 Å². The molecule has 0 radical (unpaired) electrons. The van der Waals surface area contributed by atoms with Crippen molar-refractivity contribution in [2.75, 3.05) is 10.6 Å². The molecule has 1 aliphatic carbocycles. The lowest BCUT2D eigenvalue weighted by Gasteiger charge is -2.08. The molecule has 0 spiro atoms. The molecule has 4 nitrogen and oxygen atoms in total. The Hall–Kier alpha value is -3.06. The maximum Gasteiger partial charge on any atom is 0.255 e. The zero-order valence-corrected chi connectivity index (χ0v) is 12.5. The summed E-state index contributed by atoms with van der Waals surface area (Å²) in [5.74, 6) is 2.42. The fourth-order valence-corrected chi connectivity index (χ4v) is 2.22. The van der Waals surface area contributed by atoms with Gasteiger partial charge < -0.3 is 10.6 Å². The lowest BCUT2D eigenvalue weighted by atomic mass is 10.1. The Balaban J connectivity index is 1.71. The van der Waals surface area contributed by atoms with Crippen LogP contribution in [-0.4, -0.2) is 11.8 Å². The van der Waals surface area contributed by atoms with Crippen molar-refractivity contribution in [2.45, 2.75) is 12.8 Å². The van der Waals surface area contributed by atoms with Crippen LogP contribution in [0, 0.1) is 18.3 Å². The summed E-state index contributed by atoms with van der Waals surface area (Å²) in [7, 11) is 0. The van der Waals surface area contributed by atoms with E-state index in [2.05, 4.69) is 16.6 Å². The fourth-order valence-electron chi connectivity index (χ4n) is 2.22. The molecule has 1 aliphatic rings. The van der Waals surface area contributed by atoms with Crippen molar-refractivity contribution in [1.82, 2.24) is 0 Å². The summed E-state index contributed by atoms with van der Waals surface area (Å²) in [4.78, 5) is 24.1. The minimum Gasteiger partial charge on any atom is -0.326 e. The number of nitrogens with one attached hydrogen (secondary N) is 2. The highest BCUT2D eigenvalue weighted by Gasteiger charge is 2.29. The molecule has 2 amide bonds. The second-order valence-electron chi connectivity index (χ2n) is 5.52. The summed E-state index contributed by atoms with van der Waals surface area (Å²) in [6.45, 7) is 0. The largest absolute Gasteiger partial charge is 0.326 e. The Labute approximate surface area is 134 Å². The van der Waals surface area contributed by atoms with Crippen molar-refractivity contribution in [3.8, 4) is 12.3 Å². The van der Waals surface area contributed by atoms with Crippen molar-refractivity contribution in [1.29, 1.82) is 0 Å². The predicted molar refractivity (Wildman–Crippen MR) is 90.1 cm³/mol. The second kappa shape index (κ2) is 6.37. The molecule has 2 N–H and O–H groups in total. The van der Waals surface area contributed by atoms with Crippen molar-refractivity contribution in [3.63, 3.8) is 0 Å². The van der Waals surface area contributed by atoms with Crippen molar-refractivity contribution in [2.24, 2.45) is 5.92 Å². The molecule has 0 atom stereocenters. The highest BCUT2D eigenvalue weighted by atomic mass is 16.2. The van der Waals surface area contributed by atoms with Crippen LogP contribution in [0.2, 0.25) is 0 Å². The second-order valence-corrected chi connectivity index (χ2v) is 5.52. The van der Waals surface area contributed by atoms with Gasteiger partial charge in [0, 0.05) is 28.4 Å². The Morgan fingerprint density at radius 2 is 1.70 bits per heavy atom. The van der Waals surface area contributed by atoms with Crippen LogP contribution in [0.3, 0.4) is 0 Å². The van der Waals surface area contributed by atoms with E-state index in [0.717, 1.165) is 12.8 Å². The van der Waals surface area contributed by atoms with E-state index < -0.39 is 0 Å². The lowest BCUT2D eigenvalue weighted by molar-refractivity contribution is -0.117. The summed E-state index contributed by atoms with van der Waals surface area (Å²) in [6, 6.07) is 14.0. The third-order valence-corrected chi connectivity index (χ3v) is 3.63. The SMILES string of the molecule is C#Cc1cccc(NC(=O)c2cccc(NC(=O)C3CC3)c2)c1. The van der Waals surface area contributed by atoms with Gasteiger partial charge in [-0.2, -0.15) is 0 Å². The van der Waals surface area contributed by atoms with E-state index in [9.17, 15) is 9.59 Å². The summed E-state index contributed by atoms with van der Waals surface area (Å²) in [6.07, 6.45) is 7.24. The average Bonchev–Trinajstić information content (AvgIpc) is 3.40. The molecular weight excluding hydrogens is 288 g/mol. The van der Waals surface area contributed by atoms with E-state index in [1.54, 1.807) is 48.5 Å². The average molecular weight is 304 g/mol. The van der Waals surface area contributed by atoms with E-state index in [0.29, 0.717) is 22.5 Å². The first kappa shape index (κ1) is 14.9. The Kier molecular flexibility index (Phi) is 4.11. The topological polar surface area (TPSA) is 58.2 Å². The number of carbonyl (C=O) groups is 2. The van der Waals surface area contributed by atoms with Crippen LogP contribution in [0.4, 0.5) is 11.4 Å². The summed E-state index contributed by atoms with van der Waals surface area (Å²) < 4.78 is 0.